The zero-order chi connectivity index (χ0) is 72.6. The maximum absolute atomic E-state index is 13.2. The van der Waals surface area contributed by atoms with E-state index in [0.29, 0.717) is 37.8 Å². The zero-order valence-corrected chi connectivity index (χ0v) is 58.6. The van der Waals surface area contributed by atoms with E-state index in [0.717, 1.165) is 17.9 Å². The van der Waals surface area contributed by atoms with Gasteiger partial charge in [-0.1, -0.05) is 89.5 Å². The van der Waals surface area contributed by atoms with Crippen molar-refractivity contribution in [2.75, 3.05) is 76.6 Å². The number of benzene rings is 3. The fourth-order valence-electron chi connectivity index (χ4n) is 11.8. The number of nitrogen functional groups attached to an aromatic ring is 1. The monoisotopic (exact) mass is 1440 g/mol. The van der Waals surface area contributed by atoms with E-state index in [4.69, 9.17) is 49.3 Å². The van der Waals surface area contributed by atoms with Crippen LogP contribution in [0.2, 0.25) is 0 Å². The highest BCUT2D eigenvalue weighted by molar-refractivity contribution is 7.66. The number of allylic oxidation sites excluding steroid dienone is 6. The fourth-order valence-corrected chi connectivity index (χ4v) is 14.8. The number of hydrogen-bond acceptors (Lipinski definition) is 20. The Hall–Kier alpha value is -8.59. The number of nitrogens with two attached hydrogens (primary N) is 1. The highest BCUT2D eigenvalue weighted by Crippen LogP contribution is 2.66. The van der Waals surface area contributed by atoms with Gasteiger partial charge in [0, 0.05) is 94.9 Å². The van der Waals surface area contributed by atoms with Crippen LogP contribution in [0.3, 0.4) is 0 Å². The maximum Gasteiger partial charge on any atom is 0.490 e. The molecule has 33 nitrogen and oxygen atoms in total. The Balaban J connectivity index is 0.750. The first-order chi connectivity index (χ1) is 47.4. The summed E-state index contributed by atoms with van der Waals surface area (Å²) in [6.07, 6.45) is 8.98. The van der Waals surface area contributed by atoms with E-state index in [1.807, 2.05) is 0 Å². The van der Waals surface area contributed by atoms with Crippen LogP contribution in [0.1, 0.15) is 111 Å². The number of nitrogens with one attached hydrogen (secondary N) is 3. The molecule has 3 aliphatic heterocycles. The van der Waals surface area contributed by atoms with Crippen molar-refractivity contribution in [2.45, 2.75) is 116 Å². The normalized spacial score (nSPS) is 18.8. The van der Waals surface area contributed by atoms with Crippen LogP contribution in [0, 0.1) is 25.7 Å². The second-order valence-corrected chi connectivity index (χ2v) is 28.7. The first-order valence-corrected chi connectivity index (χ1v) is 36.1. The van der Waals surface area contributed by atoms with Gasteiger partial charge in [0.25, 0.3) is 11.5 Å². The van der Waals surface area contributed by atoms with Crippen molar-refractivity contribution in [3.63, 3.8) is 0 Å². The fraction of sp³-hybridized carbons (Fsp3) is 0.438. The van der Waals surface area contributed by atoms with Gasteiger partial charge in [0.05, 0.1) is 48.8 Å². The van der Waals surface area contributed by atoms with Crippen molar-refractivity contribution in [1.82, 2.24) is 25.2 Å². The Kier molecular flexibility index (Phi) is 26.4. The zero-order valence-electron chi connectivity index (χ0n) is 56.0. The molecule has 36 heteroatoms. The number of anilines is 2. The van der Waals surface area contributed by atoms with Crippen LogP contribution in [0.25, 0.3) is 31.9 Å². The summed E-state index contributed by atoms with van der Waals surface area (Å²) in [5.41, 5.74) is 32.9. The number of H-pyrrole nitrogens is 1. The maximum atomic E-state index is 13.2. The number of nitrogens with zero attached hydrogens (tertiary/aromatic N) is 10. The predicted molar refractivity (Wildman–Crippen MR) is 367 cm³/mol. The van der Waals surface area contributed by atoms with Crippen molar-refractivity contribution in [1.29, 1.82) is 0 Å². The largest absolute Gasteiger partial charge is 0.491 e. The van der Waals surface area contributed by atoms with Gasteiger partial charge in [-0.25, -0.2) is 13.7 Å². The van der Waals surface area contributed by atoms with Gasteiger partial charge in [-0.3, -0.25) is 28.7 Å². The number of aromatic amines is 1. The molecule has 534 valence electrons. The van der Waals surface area contributed by atoms with Crippen LogP contribution in [-0.4, -0.2) is 146 Å². The lowest BCUT2D eigenvalue weighted by Gasteiger charge is -2.25. The molecule has 8 rings (SSSR count). The number of carbonyl (C=O) groups is 3. The number of aryl methyl sites for hydroxylation is 2. The Morgan fingerprint density at radius 3 is 2.43 bits per heavy atom. The van der Waals surface area contributed by atoms with Crippen LogP contribution < -0.4 is 31.6 Å². The summed E-state index contributed by atoms with van der Waals surface area (Å²) in [5.74, 6) is 4.60. The van der Waals surface area contributed by atoms with Gasteiger partial charge in [0.1, 0.15) is 50.4 Å². The Morgan fingerprint density at radius 1 is 0.940 bits per heavy atom. The number of azide groups is 2. The van der Waals surface area contributed by atoms with Gasteiger partial charge < -0.3 is 69.1 Å². The lowest BCUT2D eigenvalue weighted by Crippen LogP contribution is -2.29. The molecule has 5 aromatic rings. The smallest absolute Gasteiger partial charge is 0.490 e. The first-order valence-electron chi connectivity index (χ1n) is 31.6. The second-order valence-electron chi connectivity index (χ2n) is 24.3. The summed E-state index contributed by atoms with van der Waals surface area (Å²) in [5, 5.41) is 12.2. The van der Waals surface area contributed by atoms with Crippen molar-refractivity contribution in [3.8, 4) is 17.6 Å². The highest BCUT2D eigenvalue weighted by atomic mass is 31.3. The summed E-state index contributed by atoms with van der Waals surface area (Å²) >= 11 is 0. The van der Waals surface area contributed by atoms with Crippen LogP contribution in [0.5, 0.6) is 5.75 Å². The molecule has 0 spiro atoms. The second kappa shape index (κ2) is 34.2. The molecule has 100 heavy (non-hydrogen) atoms. The number of ketones is 1. The molecule has 4 unspecified atom stereocenters. The highest BCUT2D eigenvalue weighted by Gasteiger charge is 2.46. The molecule has 1 saturated heterocycles. The molecular formula is C64H80N14O19P3+. The van der Waals surface area contributed by atoms with Gasteiger partial charge >= 0.3 is 23.5 Å². The molecule has 0 saturated carbocycles. The standard InChI is InChI=1S/C64H79N14O19P3/c1-8-76-49-25-23-41(2)32-47(49)63(4,5)53(76)21-10-9-11-22-54-64(6,7)48-33-42(3)24-26-50(48)77(54)29-15-19-45(79)18-14-28-69-60(81)43-16-12-20-46(34-43)92-39-56(73-75-67)91-31-30-90-38-55(80)68-27-13-17-44-36-78(59-58(44)61(82)72-62(65)71-59)57-35-51(93-40-70-74-66)52(95-57)37-94-99(86,87)97-100(88,89)96-98(83,84)85/h9-12,16,20-26,32-34,36,51-52,56-57H,8,14-15,18-19,27-31,35,37-40H2,1-7H3,(H8-,65,68,69,71,72,80,81,82,83,84,85,86,87,88,89)/p+1/t51?,52-,56?,57-/m1/s1. The number of phosphoric ester groups is 1. The molecule has 9 N–H and O–H groups in total. The quantitative estimate of drug-likeness (QED) is 0.00274. The lowest BCUT2D eigenvalue weighted by atomic mass is 9.81. The number of hydrogen-bond donors (Lipinski definition) is 8. The van der Waals surface area contributed by atoms with Gasteiger partial charge in [-0.2, -0.15) is 18.2 Å². The molecular weight excluding hydrogens is 1360 g/mol. The number of carbonyl (C=O) groups excluding carboxylic acids is 3. The van der Waals surface area contributed by atoms with Gasteiger partial charge in [0.2, 0.25) is 17.5 Å². The number of amides is 2. The number of ether oxygens (including phenoxy) is 5. The summed E-state index contributed by atoms with van der Waals surface area (Å²) in [6.45, 7) is 14.6. The number of likely N-dealkylation sites (N-methyl/N-ethyl adjacent to an activating group) is 1. The Labute approximate surface area is 575 Å². The number of aromatic nitrogens is 3. The minimum atomic E-state index is -5.85. The average Bonchev–Trinajstić information content (AvgIpc) is 1.60. The third kappa shape index (κ3) is 20.6. The summed E-state index contributed by atoms with van der Waals surface area (Å²) in [4.78, 5) is 104. The van der Waals surface area contributed by atoms with E-state index in [2.05, 4.69) is 186 Å². The summed E-state index contributed by atoms with van der Waals surface area (Å²) in [6, 6.07) is 19.6. The van der Waals surface area contributed by atoms with E-state index in [9.17, 15) is 48.2 Å². The van der Waals surface area contributed by atoms with Crippen molar-refractivity contribution in [3.05, 3.63) is 168 Å². The van der Waals surface area contributed by atoms with Crippen LogP contribution in [-0.2, 0) is 66.2 Å². The van der Waals surface area contributed by atoms with E-state index in [1.165, 1.54) is 50.5 Å². The van der Waals surface area contributed by atoms with Crippen molar-refractivity contribution >= 4 is 75.1 Å². The van der Waals surface area contributed by atoms with Gasteiger partial charge in [-0.15, -0.1) is 0 Å². The van der Waals surface area contributed by atoms with Gasteiger partial charge in [0.15, 0.2) is 17.6 Å². The molecule has 5 heterocycles. The lowest BCUT2D eigenvalue weighted by molar-refractivity contribution is -0.438. The van der Waals surface area contributed by atoms with Crippen LogP contribution >= 0.6 is 23.5 Å². The molecule has 0 bridgehead atoms. The molecule has 2 aromatic heterocycles. The summed E-state index contributed by atoms with van der Waals surface area (Å²) in [7, 11) is -17.1. The molecule has 6 atom stereocenters. The predicted octanol–water partition coefficient (Wildman–Crippen LogP) is 9.17. The van der Waals surface area contributed by atoms with Gasteiger partial charge in [-0.05, 0) is 94.1 Å². The number of rotatable bonds is 35. The minimum absolute atomic E-state index is 0.0594. The van der Waals surface area contributed by atoms with E-state index < -0.39 is 79.5 Å². The Morgan fingerprint density at radius 2 is 1.69 bits per heavy atom. The SMILES string of the molecule is CCN1C(=CC=CC=CC2=[N+](CCCC(=O)CCCNC(=O)c3cccc(OCC(N=[N+]=[N-])OCCOCC(=O)NCC#Cc4cn([C@H]5CC(OCN=[N+]=[N-])[C@@H](COP(=O)(O)OP(=O)(O)OP(=O)(O)O)O5)c5nc(N)[nH]c(=O)c45)c3)c3ccc(C)cc3C2(C)C)C(C)(C)c2cc(C)ccc21. The van der Waals surface area contributed by atoms with E-state index >= 15 is 0 Å². The van der Waals surface area contributed by atoms with Crippen molar-refractivity contribution < 1.29 is 89.1 Å². The third-order valence-corrected chi connectivity index (χ3v) is 20.2. The molecule has 3 aromatic carbocycles. The number of fused-ring (bicyclic) bond motifs is 3. The number of Topliss-reactive ketones (excluding diaryl/α,β-unsaturated/α-hetero) is 1. The first kappa shape index (κ1) is 77.2. The molecule has 0 radical (unpaired) electrons. The van der Waals surface area contributed by atoms with E-state index in [1.54, 1.807) is 18.2 Å². The third-order valence-electron chi connectivity index (χ3n) is 16.4. The number of phosphoric acid groups is 3. The molecule has 0 aliphatic carbocycles. The van der Waals surface area contributed by atoms with E-state index in [-0.39, 0.29) is 90.1 Å². The minimum Gasteiger partial charge on any atom is -0.491 e. The Bertz CT molecular complexity index is 4390. The van der Waals surface area contributed by atoms with Crippen LogP contribution in [0.4, 0.5) is 17.3 Å². The summed E-state index contributed by atoms with van der Waals surface area (Å²) < 4.78 is 79.6. The van der Waals surface area contributed by atoms with Crippen LogP contribution in [0.15, 0.2) is 118 Å². The molecule has 3 aliphatic rings. The average molecular weight is 1440 g/mol. The topological polar surface area (TPSA) is 462 Å². The van der Waals surface area contributed by atoms with Crippen molar-refractivity contribution in [2.24, 2.45) is 10.2 Å². The molecule has 2 amide bonds. The molecule has 1 fully saturated rings.